The molecule has 0 radical (unpaired) electrons. The number of nitrogens with one attached hydrogen (secondary N) is 2. The van der Waals surface area contributed by atoms with Crippen LogP contribution in [0.2, 0.25) is 5.02 Å². The Morgan fingerprint density at radius 3 is 2.67 bits per heavy atom. The second-order valence-corrected chi connectivity index (χ2v) is 7.28. The first-order valence-corrected chi connectivity index (χ1v) is 9.63. The fourth-order valence-electron chi connectivity index (χ4n) is 3.15. The molecule has 2 N–H and O–H groups in total. The standard InChI is InChI=1S/C21H25ClN2O3/c1-16-5-7-17(8-6-16)20(14-24-9-11-26-12-10-24)23-21(25)15-27-19-4-2-3-18(22)13-19/h2-8,13,20H,9-12,14-15H2,1H3,(H,23,25)/p+1/t20-/m1/s1. The fraction of sp³-hybridized carbons (Fsp3) is 0.381. The Bertz CT molecular complexity index is 745. The summed E-state index contributed by atoms with van der Waals surface area (Å²) in [5.41, 5.74) is 2.31. The minimum atomic E-state index is -0.145. The number of amides is 1. The van der Waals surface area contributed by atoms with Crippen LogP contribution in [0.25, 0.3) is 0 Å². The molecular formula is C21H26ClN2O3+. The van der Waals surface area contributed by atoms with E-state index < -0.39 is 0 Å². The Morgan fingerprint density at radius 1 is 1.22 bits per heavy atom. The molecule has 0 saturated carbocycles. The molecule has 1 amide bonds. The monoisotopic (exact) mass is 389 g/mol. The number of ether oxygens (including phenoxy) is 2. The largest absolute Gasteiger partial charge is 0.484 e. The van der Waals surface area contributed by atoms with Crippen LogP contribution >= 0.6 is 11.6 Å². The Hall–Kier alpha value is -2.08. The van der Waals surface area contributed by atoms with Gasteiger partial charge in [-0.3, -0.25) is 4.79 Å². The highest BCUT2D eigenvalue weighted by Crippen LogP contribution is 2.17. The van der Waals surface area contributed by atoms with Crippen LogP contribution in [0, 0.1) is 6.92 Å². The van der Waals surface area contributed by atoms with Crippen LogP contribution in [0.3, 0.4) is 0 Å². The minimum Gasteiger partial charge on any atom is -0.484 e. The van der Waals surface area contributed by atoms with Crippen LogP contribution in [-0.2, 0) is 9.53 Å². The van der Waals surface area contributed by atoms with E-state index in [4.69, 9.17) is 21.1 Å². The SMILES string of the molecule is Cc1ccc([C@@H](C[NH+]2CCOCC2)NC(=O)COc2cccc(Cl)c2)cc1. The van der Waals surface area contributed by atoms with Crippen molar-refractivity contribution in [2.75, 3.05) is 39.5 Å². The van der Waals surface area contributed by atoms with Gasteiger partial charge in [0.25, 0.3) is 5.91 Å². The number of carbonyl (C=O) groups excluding carboxylic acids is 1. The van der Waals surface area contributed by atoms with Crippen molar-refractivity contribution in [2.45, 2.75) is 13.0 Å². The fourth-order valence-corrected chi connectivity index (χ4v) is 3.33. The molecule has 0 bridgehead atoms. The number of hydrogen-bond acceptors (Lipinski definition) is 3. The van der Waals surface area contributed by atoms with Gasteiger partial charge in [0.2, 0.25) is 0 Å². The number of carbonyl (C=O) groups is 1. The molecule has 0 aliphatic carbocycles. The van der Waals surface area contributed by atoms with Crippen molar-refractivity contribution < 1.29 is 19.2 Å². The third kappa shape index (κ3) is 6.24. The van der Waals surface area contributed by atoms with Crippen LogP contribution in [0.4, 0.5) is 0 Å². The third-order valence-corrected chi connectivity index (χ3v) is 4.91. The summed E-state index contributed by atoms with van der Waals surface area (Å²) < 4.78 is 11.0. The van der Waals surface area contributed by atoms with Crippen LogP contribution in [0.1, 0.15) is 17.2 Å². The zero-order chi connectivity index (χ0) is 19.1. The number of morpholine rings is 1. The van der Waals surface area contributed by atoms with E-state index in [1.807, 2.05) is 0 Å². The van der Waals surface area contributed by atoms with E-state index >= 15 is 0 Å². The molecule has 1 fully saturated rings. The minimum absolute atomic E-state index is 0.0405. The summed E-state index contributed by atoms with van der Waals surface area (Å²) in [5.74, 6) is 0.441. The normalized spacial score (nSPS) is 15.9. The molecule has 144 valence electrons. The summed E-state index contributed by atoms with van der Waals surface area (Å²) in [6.45, 7) is 6.29. The topological polar surface area (TPSA) is 52.0 Å². The molecule has 2 aromatic carbocycles. The first-order chi connectivity index (χ1) is 13.1. The molecule has 6 heteroatoms. The van der Waals surface area contributed by atoms with Gasteiger partial charge in [0, 0.05) is 5.02 Å². The number of aryl methyl sites for hydroxylation is 1. The van der Waals surface area contributed by atoms with Crippen molar-refractivity contribution in [3.8, 4) is 5.75 Å². The molecule has 3 rings (SSSR count). The quantitative estimate of drug-likeness (QED) is 0.759. The number of rotatable bonds is 7. The van der Waals surface area contributed by atoms with Gasteiger partial charge in [-0.15, -0.1) is 0 Å². The number of quaternary nitrogens is 1. The molecule has 0 aromatic heterocycles. The lowest BCUT2D eigenvalue weighted by atomic mass is 10.0. The molecule has 1 aliphatic heterocycles. The van der Waals surface area contributed by atoms with Crippen molar-refractivity contribution in [3.05, 3.63) is 64.7 Å². The van der Waals surface area contributed by atoms with E-state index in [0.717, 1.165) is 38.4 Å². The van der Waals surface area contributed by atoms with Crippen LogP contribution in [-0.4, -0.2) is 45.4 Å². The van der Waals surface area contributed by atoms with Gasteiger partial charge >= 0.3 is 0 Å². The predicted octanol–water partition coefficient (Wildman–Crippen LogP) is 1.80. The zero-order valence-electron chi connectivity index (χ0n) is 15.5. The predicted molar refractivity (Wildman–Crippen MR) is 105 cm³/mol. The van der Waals surface area contributed by atoms with Crippen molar-refractivity contribution in [2.24, 2.45) is 0 Å². The molecule has 1 atom stereocenters. The Kier molecular flexibility index (Phi) is 7.10. The van der Waals surface area contributed by atoms with Gasteiger partial charge in [-0.05, 0) is 30.7 Å². The van der Waals surface area contributed by atoms with Gasteiger partial charge in [0.05, 0.1) is 13.2 Å². The number of benzene rings is 2. The molecule has 1 heterocycles. The lowest BCUT2D eigenvalue weighted by Gasteiger charge is -2.28. The average Bonchev–Trinajstić information content (AvgIpc) is 2.67. The molecule has 5 nitrogen and oxygen atoms in total. The van der Waals surface area contributed by atoms with E-state index in [9.17, 15) is 4.79 Å². The van der Waals surface area contributed by atoms with Crippen LogP contribution < -0.4 is 15.0 Å². The van der Waals surface area contributed by atoms with E-state index in [0.29, 0.717) is 10.8 Å². The summed E-state index contributed by atoms with van der Waals surface area (Å²) in [7, 11) is 0. The second-order valence-electron chi connectivity index (χ2n) is 6.84. The molecular weight excluding hydrogens is 364 g/mol. The highest BCUT2D eigenvalue weighted by molar-refractivity contribution is 6.30. The molecule has 0 unspecified atom stereocenters. The molecule has 0 spiro atoms. The maximum Gasteiger partial charge on any atom is 0.258 e. The summed E-state index contributed by atoms with van der Waals surface area (Å²) in [5, 5.41) is 3.71. The molecule has 1 aliphatic rings. The van der Waals surface area contributed by atoms with E-state index in [2.05, 4.69) is 36.5 Å². The third-order valence-electron chi connectivity index (χ3n) is 4.67. The smallest absolute Gasteiger partial charge is 0.258 e. The molecule has 2 aromatic rings. The first-order valence-electron chi connectivity index (χ1n) is 9.26. The summed E-state index contributed by atoms with van der Waals surface area (Å²) in [6.07, 6.45) is 0. The summed E-state index contributed by atoms with van der Waals surface area (Å²) in [6, 6.07) is 15.3. The maximum atomic E-state index is 12.5. The summed E-state index contributed by atoms with van der Waals surface area (Å²) in [4.78, 5) is 13.9. The highest BCUT2D eigenvalue weighted by Gasteiger charge is 2.23. The van der Waals surface area contributed by atoms with Crippen LogP contribution in [0.5, 0.6) is 5.75 Å². The Labute approximate surface area is 165 Å². The Morgan fingerprint density at radius 2 is 1.96 bits per heavy atom. The van der Waals surface area contributed by atoms with Crippen LogP contribution in [0.15, 0.2) is 48.5 Å². The summed E-state index contributed by atoms with van der Waals surface area (Å²) >= 11 is 5.95. The number of halogens is 1. The van der Waals surface area contributed by atoms with Gasteiger partial charge in [0.1, 0.15) is 31.4 Å². The van der Waals surface area contributed by atoms with E-state index in [1.54, 1.807) is 24.3 Å². The van der Waals surface area contributed by atoms with Gasteiger partial charge < -0.3 is 19.7 Å². The second kappa shape index (κ2) is 9.74. The molecule has 27 heavy (non-hydrogen) atoms. The maximum absolute atomic E-state index is 12.5. The van der Waals surface area contributed by atoms with Gasteiger partial charge in [-0.1, -0.05) is 47.5 Å². The molecule has 1 saturated heterocycles. The zero-order valence-corrected chi connectivity index (χ0v) is 16.3. The average molecular weight is 390 g/mol. The lowest BCUT2D eigenvalue weighted by molar-refractivity contribution is -0.909. The van der Waals surface area contributed by atoms with E-state index in [-0.39, 0.29) is 18.6 Å². The lowest BCUT2D eigenvalue weighted by Crippen LogP contribution is -3.14. The van der Waals surface area contributed by atoms with E-state index in [1.165, 1.54) is 10.5 Å². The van der Waals surface area contributed by atoms with Gasteiger partial charge in [-0.2, -0.15) is 0 Å². The van der Waals surface area contributed by atoms with Crippen molar-refractivity contribution in [3.63, 3.8) is 0 Å². The van der Waals surface area contributed by atoms with Crippen molar-refractivity contribution in [1.82, 2.24) is 5.32 Å². The highest BCUT2D eigenvalue weighted by atomic mass is 35.5. The van der Waals surface area contributed by atoms with Gasteiger partial charge in [0.15, 0.2) is 6.61 Å². The van der Waals surface area contributed by atoms with Crippen molar-refractivity contribution in [1.29, 1.82) is 0 Å². The van der Waals surface area contributed by atoms with Crippen molar-refractivity contribution >= 4 is 17.5 Å². The number of hydrogen-bond donors (Lipinski definition) is 2. The Balaban J connectivity index is 1.62. The van der Waals surface area contributed by atoms with Gasteiger partial charge in [-0.25, -0.2) is 0 Å². The first kappa shape index (κ1) is 19.7.